The predicted molar refractivity (Wildman–Crippen MR) is 105 cm³/mol. The van der Waals surface area contributed by atoms with Gasteiger partial charge in [-0.05, 0) is 55.7 Å². The second-order valence-electron chi connectivity index (χ2n) is 7.00. The van der Waals surface area contributed by atoms with Crippen molar-refractivity contribution >= 4 is 23.4 Å². The molecule has 0 radical (unpaired) electrons. The van der Waals surface area contributed by atoms with Crippen molar-refractivity contribution in [2.24, 2.45) is 0 Å². The van der Waals surface area contributed by atoms with Crippen molar-refractivity contribution < 1.29 is 28.2 Å². The molecule has 0 spiro atoms. The summed E-state index contributed by atoms with van der Waals surface area (Å²) in [5, 5.41) is 9.73. The third kappa shape index (κ3) is 3.39. The first-order valence-electron chi connectivity index (χ1n) is 9.18. The molecule has 154 valence electrons. The van der Waals surface area contributed by atoms with E-state index in [2.05, 4.69) is 0 Å². The standard InChI is InChI=1S/C21H22F2N2O4/c1-5-13-10-24(20(26)14-6-7-17(29-4)19(23)18(14)22)15-8-11(2)12(3)9-16(15)25(13)21(27)28/h6-9,13H,5,10H2,1-4H3,(H,27,28). The van der Waals surface area contributed by atoms with E-state index >= 15 is 0 Å². The molecule has 1 aliphatic heterocycles. The molecule has 0 saturated carbocycles. The maximum absolute atomic E-state index is 14.6. The summed E-state index contributed by atoms with van der Waals surface area (Å²) in [5.41, 5.74) is 1.97. The Labute approximate surface area is 167 Å². The van der Waals surface area contributed by atoms with Gasteiger partial charge in [0.05, 0.1) is 30.1 Å². The van der Waals surface area contributed by atoms with Gasteiger partial charge in [-0.3, -0.25) is 9.69 Å². The lowest BCUT2D eigenvalue weighted by Crippen LogP contribution is -2.53. The zero-order valence-electron chi connectivity index (χ0n) is 16.6. The quantitative estimate of drug-likeness (QED) is 0.817. The van der Waals surface area contributed by atoms with Crippen molar-refractivity contribution in [3.05, 3.63) is 52.6 Å². The molecule has 1 heterocycles. The number of hydrogen-bond acceptors (Lipinski definition) is 3. The first-order valence-corrected chi connectivity index (χ1v) is 9.18. The van der Waals surface area contributed by atoms with Gasteiger partial charge < -0.3 is 14.7 Å². The van der Waals surface area contributed by atoms with E-state index in [0.29, 0.717) is 17.8 Å². The molecule has 6 nitrogen and oxygen atoms in total. The van der Waals surface area contributed by atoms with Crippen LogP contribution in [0.1, 0.15) is 34.8 Å². The number of fused-ring (bicyclic) bond motifs is 1. The number of carbonyl (C=O) groups excluding carboxylic acids is 1. The van der Waals surface area contributed by atoms with Gasteiger partial charge in [0.2, 0.25) is 5.82 Å². The topological polar surface area (TPSA) is 70.1 Å². The van der Waals surface area contributed by atoms with Crippen molar-refractivity contribution in [2.75, 3.05) is 23.5 Å². The van der Waals surface area contributed by atoms with Gasteiger partial charge in [0.25, 0.3) is 5.91 Å². The van der Waals surface area contributed by atoms with Gasteiger partial charge in [0.15, 0.2) is 11.6 Å². The molecule has 2 aromatic rings. The van der Waals surface area contributed by atoms with Crippen LogP contribution in [0.25, 0.3) is 0 Å². The minimum atomic E-state index is -1.30. The third-order valence-electron chi connectivity index (χ3n) is 5.32. The predicted octanol–water partition coefficient (Wildman–Crippen LogP) is 4.51. The SMILES string of the molecule is CCC1CN(C(=O)c2ccc(OC)c(F)c2F)c2cc(C)c(C)cc2N1C(=O)O. The molecular formula is C21H22F2N2O4. The van der Waals surface area contributed by atoms with Crippen LogP contribution < -0.4 is 14.5 Å². The summed E-state index contributed by atoms with van der Waals surface area (Å²) in [6, 6.07) is 5.24. The van der Waals surface area contributed by atoms with Crippen LogP contribution in [-0.2, 0) is 0 Å². The number of nitrogens with zero attached hydrogens (tertiary/aromatic N) is 2. The van der Waals surface area contributed by atoms with Crippen LogP contribution in [0, 0.1) is 25.5 Å². The minimum absolute atomic E-state index is 0.0320. The summed E-state index contributed by atoms with van der Waals surface area (Å²) in [6.07, 6.45) is -0.683. The number of methoxy groups -OCH3 is 1. The molecule has 0 bridgehead atoms. The van der Waals surface area contributed by atoms with Gasteiger partial charge in [0, 0.05) is 6.54 Å². The van der Waals surface area contributed by atoms with Gasteiger partial charge >= 0.3 is 6.09 Å². The maximum Gasteiger partial charge on any atom is 0.412 e. The van der Waals surface area contributed by atoms with Crippen LogP contribution in [0.3, 0.4) is 0 Å². The van der Waals surface area contributed by atoms with Gasteiger partial charge in [0.1, 0.15) is 0 Å². The fourth-order valence-corrected chi connectivity index (χ4v) is 3.55. The number of carboxylic acid groups (broad SMARTS) is 1. The average molecular weight is 404 g/mol. The van der Waals surface area contributed by atoms with E-state index in [1.807, 2.05) is 20.8 Å². The molecule has 29 heavy (non-hydrogen) atoms. The van der Waals surface area contributed by atoms with Crippen LogP contribution in [0.5, 0.6) is 5.75 Å². The molecule has 0 saturated heterocycles. The Bertz CT molecular complexity index is 993. The summed E-state index contributed by atoms with van der Waals surface area (Å²) < 4.78 is 33.5. The summed E-state index contributed by atoms with van der Waals surface area (Å²) in [5.74, 6) is -3.58. The zero-order chi connectivity index (χ0) is 21.5. The van der Waals surface area contributed by atoms with Crippen molar-refractivity contribution in [3.8, 4) is 5.75 Å². The zero-order valence-corrected chi connectivity index (χ0v) is 16.6. The molecular weight excluding hydrogens is 382 g/mol. The van der Waals surface area contributed by atoms with Crippen molar-refractivity contribution in [2.45, 2.75) is 33.2 Å². The Morgan fingerprint density at radius 3 is 2.31 bits per heavy atom. The molecule has 1 N–H and O–H groups in total. The lowest BCUT2D eigenvalue weighted by atomic mass is 9.99. The molecule has 2 aromatic carbocycles. The number of benzene rings is 2. The van der Waals surface area contributed by atoms with Gasteiger partial charge in [-0.25, -0.2) is 9.18 Å². The molecule has 3 rings (SSSR count). The van der Waals surface area contributed by atoms with E-state index in [-0.39, 0.29) is 12.3 Å². The summed E-state index contributed by atoms with van der Waals surface area (Å²) in [4.78, 5) is 27.6. The van der Waals surface area contributed by atoms with E-state index in [1.165, 1.54) is 29.0 Å². The minimum Gasteiger partial charge on any atom is -0.494 e. The highest BCUT2D eigenvalue weighted by molar-refractivity contribution is 6.10. The van der Waals surface area contributed by atoms with E-state index in [0.717, 1.165) is 11.1 Å². The Balaban J connectivity index is 2.16. The monoisotopic (exact) mass is 404 g/mol. The van der Waals surface area contributed by atoms with E-state index < -0.39 is 35.2 Å². The molecule has 8 heteroatoms. The number of anilines is 2. The Morgan fingerprint density at radius 2 is 1.76 bits per heavy atom. The molecule has 1 aliphatic rings. The average Bonchev–Trinajstić information content (AvgIpc) is 2.69. The molecule has 0 aliphatic carbocycles. The molecule has 1 atom stereocenters. The highest BCUT2D eigenvalue weighted by Crippen LogP contribution is 2.39. The van der Waals surface area contributed by atoms with Crippen molar-refractivity contribution in [1.82, 2.24) is 0 Å². The number of aryl methyl sites for hydroxylation is 2. The summed E-state index contributed by atoms with van der Waals surface area (Å²) >= 11 is 0. The lowest BCUT2D eigenvalue weighted by molar-refractivity contribution is 0.0977. The van der Waals surface area contributed by atoms with Crippen molar-refractivity contribution in [1.29, 1.82) is 0 Å². The molecule has 0 aromatic heterocycles. The van der Waals surface area contributed by atoms with E-state index in [1.54, 1.807) is 12.1 Å². The summed E-state index contributed by atoms with van der Waals surface area (Å²) in [6.45, 7) is 5.52. The lowest BCUT2D eigenvalue weighted by Gasteiger charge is -2.41. The largest absolute Gasteiger partial charge is 0.494 e. The number of amides is 2. The Kier molecular flexibility index (Phi) is 5.46. The van der Waals surface area contributed by atoms with Crippen molar-refractivity contribution in [3.63, 3.8) is 0 Å². The number of hydrogen-bond donors (Lipinski definition) is 1. The summed E-state index contributed by atoms with van der Waals surface area (Å²) in [7, 11) is 1.21. The Hall–Kier alpha value is -3.16. The normalized spacial score (nSPS) is 15.9. The number of halogens is 2. The molecule has 1 unspecified atom stereocenters. The highest BCUT2D eigenvalue weighted by Gasteiger charge is 2.38. The Morgan fingerprint density at radius 1 is 1.14 bits per heavy atom. The number of carbonyl (C=O) groups is 2. The van der Waals surface area contributed by atoms with Gasteiger partial charge in [-0.1, -0.05) is 6.92 Å². The number of ether oxygens (including phenoxy) is 1. The molecule has 2 amide bonds. The fourth-order valence-electron chi connectivity index (χ4n) is 3.55. The van der Waals surface area contributed by atoms with E-state index in [4.69, 9.17) is 4.74 Å². The van der Waals surface area contributed by atoms with Crippen LogP contribution >= 0.6 is 0 Å². The first kappa shape index (κ1) is 20.6. The van der Waals surface area contributed by atoms with Gasteiger partial charge in [-0.15, -0.1) is 0 Å². The third-order valence-corrected chi connectivity index (χ3v) is 5.32. The molecule has 0 fully saturated rings. The second-order valence-corrected chi connectivity index (χ2v) is 7.00. The van der Waals surface area contributed by atoms with Crippen LogP contribution in [0.2, 0.25) is 0 Å². The fraction of sp³-hybridized carbons (Fsp3) is 0.333. The highest BCUT2D eigenvalue weighted by atomic mass is 19.2. The van der Waals surface area contributed by atoms with Crippen LogP contribution in [-0.4, -0.2) is 36.8 Å². The van der Waals surface area contributed by atoms with Gasteiger partial charge in [-0.2, -0.15) is 4.39 Å². The van der Waals surface area contributed by atoms with Crippen LogP contribution in [0.4, 0.5) is 25.0 Å². The maximum atomic E-state index is 14.6. The van der Waals surface area contributed by atoms with Crippen LogP contribution in [0.15, 0.2) is 24.3 Å². The smallest absolute Gasteiger partial charge is 0.412 e. The second kappa shape index (κ2) is 7.69. The first-order chi connectivity index (χ1) is 13.7. The van der Waals surface area contributed by atoms with E-state index in [9.17, 15) is 23.5 Å². The number of rotatable bonds is 3.